The highest BCUT2D eigenvalue weighted by Gasteiger charge is 2.46. The second-order valence-electron chi connectivity index (χ2n) is 17.1. The summed E-state index contributed by atoms with van der Waals surface area (Å²) < 4.78 is 85.6. The Bertz CT molecular complexity index is 2000. The average molecular weight is 1050 g/mol. The van der Waals surface area contributed by atoms with Gasteiger partial charge in [-0.1, -0.05) is 54.6 Å². The maximum absolute atomic E-state index is 16.4. The van der Waals surface area contributed by atoms with Crippen LogP contribution in [0, 0.1) is 41.5 Å². The van der Waals surface area contributed by atoms with Crippen LogP contribution in [0.25, 0.3) is 0 Å². The number of rotatable bonds is 45. The highest BCUT2D eigenvalue weighted by Crippen LogP contribution is 2.54. The normalized spacial score (nSPS) is 11.5. The summed E-state index contributed by atoms with van der Waals surface area (Å²) in [4.78, 5) is 31.6. The van der Waals surface area contributed by atoms with Crippen molar-refractivity contribution in [2.24, 2.45) is 0 Å². The van der Waals surface area contributed by atoms with Crippen LogP contribution in [-0.4, -0.2) is 143 Å². The van der Waals surface area contributed by atoms with Gasteiger partial charge in [0.1, 0.15) is 0 Å². The van der Waals surface area contributed by atoms with Crippen molar-refractivity contribution in [1.82, 2.24) is 0 Å². The van der Waals surface area contributed by atoms with Gasteiger partial charge in [0.25, 0.3) is 0 Å². The van der Waals surface area contributed by atoms with E-state index >= 15 is 14.2 Å². The van der Waals surface area contributed by atoms with Crippen molar-refractivity contribution in [2.75, 3.05) is 132 Å². The van der Waals surface area contributed by atoms with Gasteiger partial charge in [-0.3, -0.25) is 9.59 Å². The van der Waals surface area contributed by atoms with E-state index in [9.17, 15) is 0 Å². The standard InChI is InChI=1S/C58H83O15P/c1-11-20-62-24-28-66-32-36-70-40-51-44(5)52(41-71-37-33-67-29-25-63-21-12-2)47(8)55(46(51)7)57(59)74(61,50-18-16-15-17-19-50)58(60)56-48(9)53(42-72-38-34-68-30-26-64-22-13-3)45(6)54(49(56)10)43-73-39-35-69-31-27-65-23-14-4/h11-19H,1-4,20-43H2,5-10H3. The number of hydrogen-bond acceptors (Lipinski definition) is 15. The summed E-state index contributed by atoms with van der Waals surface area (Å²) in [5.74, 6) is 0. The van der Waals surface area contributed by atoms with Gasteiger partial charge in [0.2, 0.25) is 18.2 Å². The van der Waals surface area contributed by atoms with Gasteiger partial charge in [-0.2, -0.15) is 0 Å². The fourth-order valence-electron chi connectivity index (χ4n) is 8.16. The van der Waals surface area contributed by atoms with E-state index in [1.165, 1.54) is 0 Å². The van der Waals surface area contributed by atoms with Gasteiger partial charge >= 0.3 is 0 Å². The summed E-state index contributed by atoms with van der Waals surface area (Å²) in [7, 11) is -4.72. The van der Waals surface area contributed by atoms with E-state index in [4.69, 9.17) is 56.8 Å². The number of benzene rings is 3. The molecule has 0 amide bonds. The zero-order valence-electron chi connectivity index (χ0n) is 45.1. The first-order valence-corrected chi connectivity index (χ1v) is 27.0. The maximum atomic E-state index is 16.4. The van der Waals surface area contributed by atoms with Gasteiger partial charge in [0.15, 0.2) is 0 Å². The van der Waals surface area contributed by atoms with E-state index in [0.717, 1.165) is 33.4 Å². The minimum absolute atomic E-state index is 0.115. The van der Waals surface area contributed by atoms with Crippen LogP contribution in [0.1, 0.15) is 76.4 Å². The molecule has 0 spiro atoms. The molecule has 3 rings (SSSR count). The fourth-order valence-corrected chi connectivity index (χ4v) is 10.7. The molecule has 74 heavy (non-hydrogen) atoms. The highest BCUT2D eigenvalue weighted by atomic mass is 31.2. The van der Waals surface area contributed by atoms with E-state index in [-0.39, 0.29) is 69.3 Å². The summed E-state index contributed by atoms with van der Waals surface area (Å²) in [5.41, 5.74) is 5.62. The molecule has 0 saturated heterocycles. The third-order valence-corrected chi connectivity index (χ3v) is 14.8. The molecule has 0 radical (unpaired) electrons. The van der Waals surface area contributed by atoms with E-state index < -0.39 is 18.2 Å². The second kappa shape index (κ2) is 37.5. The molecule has 410 valence electrons. The van der Waals surface area contributed by atoms with Gasteiger partial charge < -0.3 is 61.4 Å². The van der Waals surface area contributed by atoms with Crippen LogP contribution in [0.15, 0.2) is 81.0 Å². The molecule has 0 N–H and O–H groups in total. The zero-order valence-corrected chi connectivity index (χ0v) is 46.0. The predicted molar refractivity (Wildman–Crippen MR) is 290 cm³/mol. The molecule has 3 aromatic rings. The molecule has 0 aliphatic heterocycles. The first kappa shape index (κ1) is 64.0. The van der Waals surface area contributed by atoms with Gasteiger partial charge in [-0.25, -0.2) is 0 Å². The minimum atomic E-state index is -4.72. The van der Waals surface area contributed by atoms with Crippen LogP contribution in [-0.2, 0) is 87.8 Å². The molecule has 0 heterocycles. The predicted octanol–water partition coefficient (Wildman–Crippen LogP) is 9.15. The van der Waals surface area contributed by atoms with Crippen molar-refractivity contribution < 1.29 is 71.0 Å². The zero-order chi connectivity index (χ0) is 54.0. The molecule has 0 unspecified atom stereocenters. The quantitative estimate of drug-likeness (QED) is 0.0299. The Morgan fingerprint density at radius 3 is 0.838 bits per heavy atom. The smallest absolute Gasteiger partial charge is 0.248 e. The van der Waals surface area contributed by atoms with E-state index in [2.05, 4.69) is 26.3 Å². The molecule has 0 saturated carbocycles. The molecule has 3 aromatic carbocycles. The lowest BCUT2D eigenvalue weighted by molar-refractivity contribution is 0.0138. The lowest BCUT2D eigenvalue weighted by atomic mass is 9.89. The summed E-state index contributed by atoms with van der Waals surface area (Å²) in [6, 6.07) is 8.31. The summed E-state index contributed by atoms with van der Waals surface area (Å²) in [6.07, 6.45) is 6.71. The number of ether oxygens (including phenoxy) is 12. The molecule has 0 aliphatic rings. The van der Waals surface area contributed by atoms with Crippen molar-refractivity contribution in [3.63, 3.8) is 0 Å². The van der Waals surface area contributed by atoms with E-state index in [1.807, 2.05) is 41.5 Å². The third-order valence-electron chi connectivity index (χ3n) is 12.1. The Morgan fingerprint density at radius 1 is 0.365 bits per heavy atom. The molecule has 0 aromatic heterocycles. The van der Waals surface area contributed by atoms with Gasteiger partial charge in [-0.05, 0) is 97.2 Å². The second-order valence-corrected chi connectivity index (χ2v) is 19.6. The van der Waals surface area contributed by atoms with Gasteiger partial charge in [0.05, 0.1) is 159 Å². The van der Waals surface area contributed by atoms with Crippen molar-refractivity contribution in [3.8, 4) is 0 Å². The Morgan fingerprint density at radius 2 is 0.595 bits per heavy atom. The molecule has 15 nitrogen and oxygen atoms in total. The molecule has 0 atom stereocenters. The van der Waals surface area contributed by atoms with Crippen LogP contribution in [0.2, 0.25) is 0 Å². The summed E-state index contributed by atoms with van der Waals surface area (Å²) in [5, 5.41) is 0.117. The van der Waals surface area contributed by atoms with Crippen LogP contribution in [0.5, 0.6) is 0 Å². The number of hydrogen-bond donors (Lipinski definition) is 0. The summed E-state index contributed by atoms with van der Waals surface area (Å²) >= 11 is 0. The highest BCUT2D eigenvalue weighted by molar-refractivity contribution is 8.01. The lowest BCUT2D eigenvalue weighted by Crippen LogP contribution is -2.25. The Kier molecular flexibility index (Phi) is 32.4. The Hall–Kier alpha value is -4.29. The Balaban J connectivity index is 2.12. The largest absolute Gasteiger partial charge is 0.377 e. The molecule has 16 heteroatoms. The Labute approximate surface area is 440 Å². The van der Waals surface area contributed by atoms with Crippen molar-refractivity contribution in [2.45, 2.75) is 68.0 Å². The molecule has 0 bridgehead atoms. The van der Waals surface area contributed by atoms with Crippen LogP contribution < -0.4 is 5.30 Å². The first-order chi connectivity index (χ1) is 35.9. The number of carbonyl (C=O) groups excluding carboxylic acids is 2. The molecule has 0 aliphatic carbocycles. The van der Waals surface area contributed by atoms with Crippen molar-refractivity contribution in [1.29, 1.82) is 0 Å². The van der Waals surface area contributed by atoms with E-state index in [1.54, 1.807) is 54.6 Å². The molecular weight excluding hydrogens is 968 g/mol. The summed E-state index contributed by atoms with van der Waals surface area (Å²) in [6.45, 7) is 33.6. The number of carbonyl (C=O) groups is 2. The minimum Gasteiger partial charge on any atom is -0.377 e. The SMILES string of the molecule is C=CCOCCOCCOCc1c(C)c(COCCOCCOCC=C)c(C)c(C(=O)P(=O)(C(=O)c2c(C)c(COCCOCCOCC=C)c(C)c(COCCOCCOCC=C)c2C)c2ccccc2)c1C. The fraction of sp³-hybridized carbons (Fsp3) is 0.517. The topological polar surface area (TPSA) is 162 Å². The monoisotopic (exact) mass is 1050 g/mol. The van der Waals surface area contributed by atoms with Gasteiger partial charge in [0, 0.05) is 16.4 Å². The molecular formula is C58H83O15P. The average Bonchev–Trinajstić information content (AvgIpc) is 3.39. The lowest BCUT2D eigenvalue weighted by Gasteiger charge is -2.27. The first-order valence-electron chi connectivity index (χ1n) is 25.3. The van der Waals surface area contributed by atoms with Crippen LogP contribution in [0.3, 0.4) is 0 Å². The maximum Gasteiger partial charge on any atom is 0.248 e. The van der Waals surface area contributed by atoms with Crippen LogP contribution >= 0.6 is 7.14 Å². The van der Waals surface area contributed by atoms with Crippen molar-refractivity contribution in [3.05, 3.63) is 148 Å². The van der Waals surface area contributed by atoms with Crippen molar-refractivity contribution >= 4 is 23.5 Å². The van der Waals surface area contributed by atoms with Gasteiger partial charge in [-0.15, -0.1) is 26.3 Å². The van der Waals surface area contributed by atoms with E-state index in [0.29, 0.717) is 128 Å². The van der Waals surface area contributed by atoms with Crippen LogP contribution in [0.4, 0.5) is 0 Å². The third kappa shape index (κ3) is 20.3. The molecule has 0 fully saturated rings.